The van der Waals surface area contributed by atoms with Crippen molar-refractivity contribution in [2.75, 3.05) is 11.9 Å². The highest BCUT2D eigenvalue weighted by atomic mass is 16.5. The van der Waals surface area contributed by atoms with E-state index in [2.05, 4.69) is 5.32 Å². The number of rotatable bonds is 8. The molecule has 3 aromatic rings. The van der Waals surface area contributed by atoms with Gasteiger partial charge in [0.25, 0.3) is 5.91 Å². The second-order valence-electron chi connectivity index (χ2n) is 7.54. The Hall–Kier alpha value is -3.60. The van der Waals surface area contributed by atoms with Crippen LogP contribution >= 0.6 is 0 Å². The molecule has 5 heteroatoms. The summed E-state index contributed by atoms with van der Waals surface area (Å²) in [4.78, 5) is 24.5. The number of ether oxygens (including phenoxy) is 2. The van der Waals surface area contributed by atoms with E-state index in [1.54, 1.807) is 24.3 Å². The van der Waals surface area contributed by atoms with E-state index in [0.29, 0.717) is 24.3 Å². The Bertz CT molecular complexity index is 1040. The van der Waals surface area contributed by atoms with Gasteiger partial charge in [-0.2, -0.15) is 0 Å². The monoisotopic (exact) mass is 417 g/mol. The molecule has 1 N–H and O–H groups in total. The average molecular weight is 418 g/mol. The molecule has 0 atom stereocenters. The minimum atomic E-state index is -0.333. The third-order valence-electron chi connectivity index (χ3n) is 4.79. The highest BCUT2D eigenvalue weighted by Crippen LogP contribution is 2.19. The van der Waals surface area contributed by atoms with Crippen molar-refractivity contribution in [3.63, 3.8) is 0 Å². The van der Waals surface area contributed by atoms with Crippen LogP contribution in [0.4, 0.5) is 5.69 Å². The lowest BCUT2D eigenvalue weighted by Gasteiger charge is -2.10. The number of hydrogen-bond donors (Lipinski definition) is 1. The van der Waals surface area contributed by atoms with Gasteiger partial charge in [0.2, 0.25) is 0 Å². The molecule has 5 nitrogen and oxygen atoms in total. The summed E-state index contributed by atoms with van der Waals surface area (Å²) in [6, 6.07) is 20.2. The Morgan fingerprint density at radius 3 is 2.13 bits per heavy atom. The number of hydrogen-bond acceptors (Lipinski definition) is 4. The summed E-state index contributed by atoms with van der Waals surface area (Å²) in [6.07, 6.45) is 0.809. The summed E-state index contributed by atoms with van der Waals surface area (Å²) < 4.78 is 11.0. The Morgan fingerprint density at radius 1 is 0.806 bits per heavy atom. The molecule has 0 heterocycles. The van der Waals surface area contributed by atoms with Gasteiger partial charge < -0.3 is 14.8 Å². The van der Waals surface area contributed by atoms with Crippen LogP contribution in [0.15, 0.2) is 66.7 Å². The summed E-state index contributed by atoms with van der Waals surface area (Å²) in [5.74, 6) is 0.652. The first-order valence-electron chi connectivity index (χ1n) is 10.3. The van der Waals surface area contributed by atoms with E-state index in [9.17, 15) is 9.59 Å². The zero-order valence-electron chi connectivity index (χ0n) is 18.1. The van der Waals surface area contributed by atoms with Crippen LogP contribution in [0.3, 0.4) is 0 Å². The largest absolute Gasteiger partial charge is 0.494 e. The topological polar surface area (TPSA) is 64.6 Å². The molecule has 3 aromatic carbocycles. The summed E-state index contributed by atoms with van der Waals surface area (Å²) >= 11 is 0. The molecule has 1 amide bonds. The highest BCUT2D eigenvalue weighted by Gasteiger charge is 2.10. The Morgan fingerprint density at radius 2 is 1.45 bits per heavy atom. The fraction of sp³-hybridized carbons (Fsp3) is 0.231. The van der Waals surface area contributed by atoms with Crippen LogP contribution in [0.25, 0.3) is 0 Å². The lowest BCUT2D eigenvalue weighted by atomic mass is 10.1. The van der Waals surface area contributed by atoms with Crippen molar-refractivity contribution in [3.05, 3.63) is 89.0 Å². The highest BCUT2D eigenvalue weighted by molar-refractivity contribution is 6.04. The molecule has 0 spiro atoms. The molecule has 0 radical (unpaired) electrons. The summed E-state index contributed by atoms with van der Waals surface area (Å²) in [5.41, 5.74) is 4.59. The van der Waals surface area contributed by atoms with E-state index in [0.717, 1.165) is 22.6 Å². The van der Waals surface area contributed by atoms with E-state index >= 15 is 0 Å². The quantitative estimate of drug-likeness (QED) is 0.293. The van der Waals surface area contributed by atoms with Crippen LogP contribution in [0.5, 0.6) is 11.5 Å². The first-order valence-corrected chi connectivity index (χ1v) is 10.3. The molecule has 3 rings (SSSR count). The van der Waals surface area contributed by atoms with Gasteiger partial charge >= 0.3 is 5.97 Å². The molecule has 0 aliphatic carbocycles. The lowest BCUT2D eigenvalue weighted by molar-refractivity contribution is -0.134. The van der Waals surface area contributed by atoms with Gasteiger partial charge in [0.1, 0.15) is 11.5 Å². The number of nitrogens with one attached hydrogen (secondary N) is 1. The van der Waals surface area contributed by atoms with E-state index in [-0.39, 0.29) is 18.3 Å². The number of carbonyl (C=O) groups is 2. The van der Waals surface area contributed by atoms with Crippen molar-refractivity contribution in [1.82, 2.24) is 0 Å². The molecule has 0 saturated heterocycles. The smallest absolute Gasteiger partial charge is 0.311 e. The van der Waals surface area contributed by atoms with E-state index in [1.807, 2.05) is 63.2 Å². The third-order valence-corrected chi connectivity index (χ3v) is 4.79. The van der Waals surface area contributed by atoms with Crippen molar-refractivity contribution in [2.24, 2.45) is 0 Å². The standard InChI is InChI=1S/C26H27NO4/c1-18-6-11-22(12-7-18)30-16-4-5-25(28)31-23-13-9-21(10-14-23)26(29)27-24-15-8-19(2)17-20(24)3/h6-15,17H,4-5,16H2,1-3H3,(H,27,29). The number of anilines is 1. The molecule has 0 unspecified atom stereocenters. The Labute approximate surface area is 183 Å². The van der Waals surface area contributed by atoms with Gasteiger partial charge in [-0.25, -0.2) is 0 Å². The normalized spacial score (nSPS) is 10.4. The summed E-state index contributed by atoms with van der Waals surface area (Å²) in [5, 5.41) is 2.90. The molecule has 0 saturated carbocycles. The second kappa shape index (κ2) is 10.4. The third kappa shape index (κ3) is 6.71. The van der Waals surface area contributed by atoms with Crippen molar-refractivity contribution in [2.45, 2.75) is 33.6 Å². The van der Waals surface area contributed by atoms with Crippen molar-refractivity contribution in [1.29, 1.82) is 0 Å². The first kappa shape index (κ1) is 22.1. The van der Waals surface area contributed by atoms with Crippen LogP contribution in [0, 0.1) is 20.8 Å². The van der Waals surface area contributed by atoms with Gasteiger partial charge in [0, 0.05) is 17.7 Å². The van der Waals surface area contributed by atoms with Gasteiger partial charge in [-0.1, -0.05) is 35.4 Å². The first-order chi connectivity index (χ1) is 14.9. The van der Waals surface area contributed by atoms with Crippen LogP contribution in [-0.4, -0.2) is 18.5 Å². The molecule has 0 aromatic heterocycles. The summed E-state index contributed by atoms with van der Waals surface area (Å²) in [7, 11) is 0. The molecule has 0 fully saturated rings. The SMILES string of the molecule is Cc1ccc(OCCCC(=O)Oc2ccc(C(=O)Nc3ccc(C)cc3C)cc2)cc1. The van der Waals surface area contributed by atoms with Gasteiger partial charge in [0.05, 0.1) is 6.61 Å². The van der Waals surface area contributed by atoms with Gasteiger partial charge in [-0.3, -0.25) is 9.59 Å². The molecule has 0 aliphatic heterocycles. The maximum absolute atomic E-state index is 12.5. The minimum Gasteiger partial charge on any atom is -0.494 e. The predicted molar refractivity (Wildman–Crippen MR) is 122 cm³/mol. The maximum atomic E-state index is 12.5. The van der Waals surface area contributed by atoms with Crippen LogP contribution in [0.2, 0.25) is 0 Å². The fourth-order valence-corrected chi connectivity index (χ4v) is 3.05. The molecule has 0 aliphatic rings. The fourth-order valence-electron chi connectivity index (χ4n) is 3.05. The average Bonchev–Trinajstić information content (AvgIpc) is 2.75. The number of amides is 1. The maximum Gasteiger partial charge on any atom is 0.311 e. The number of benzene rings is 3. The van der Waals surface area contributed by atoms with Crippen LogP contribution in [0.1, 0.15) is 39.9 Å². The van der Waals surface area contributed by atoms with Gasteiger partial charge in [-0.05, 0) is 75.2 Å². The summed E-state index contributed by atoms with van der Waals surface area (Å²) in [6.45, 7) is 6.42. The van der Waals surface area contributed by atoms with Gasteiger partial charge in [0.15, 0.2) is 0 Å². The Balaban J connectivity index is 1.44. The molecule has 31 heavy (non-hydrogen) atoms. The van der Waals surface area contributed by atoms with E-state index in [4.69, 9.17) is 9.47 Å². The van der Waals surface area contributed by atoms with Crippen molar-refractivity contribution in [3.8, 4) is 11.5 Å². The van der Waals surface area contributed by atoms with E-state index in [1.165, 1.54) is 5.56 Å². The van der Waals surface area contributed by atoms with Crippen molar-refractivity contribution >= 4 is 17.6 Å². The van der Waals surface area contributed by atoms with Crippen LogP contribution in [-0.2, 0) is 4.79 Å². The number of esters is 1. The molecule has 160 valence electrons. The number of aryl methyl sites for hydroxylation is 3. The zero-order chi connectivity index (χ0) is 22.2. The van der Waals surface area contributed by atoms with E-state index < -0.39 is 0 Å². The Kier molecular flexibility index (Phi) is 7.44. The van der Waals surface area contributed by atoms with Crippen molar-refractivity contribution < 1.29 is 19.1 Å². The molecular weight excluding hydrogens is 390 g/mol. The zero-order valence-corrected chi connectivity index (χ0v) is 18.1. The molecular formula is C26H27NO4. The molecule has 0 bridgehead atoms. The predicted octanol–water partition coefficient (Wildman–Crippen LogP) is 5.63. The van der Waals surface area contributed by atoms with Crippen LogP contribution < -0.4 is 14.8 Å². The second-order valence-corrected chi connectivity index (χ2v) is 7.54. The lowest BCUT2D eigenvalue weighted by Crippen LogP contribution is -2.13. The van der Waals surface area contributed by atoms with Gasteiger partial charge in [-0.15, -0.1) is 0 Å². The minimum absolute atomic E-state index is 0.210. The number of carbonyl (C=O) groups excluding carboxylic acids is 2.